The topological polar surface area (TPSA) is 49.4 Å². The van der Waals surface area contributed by atoms with Crippen LogP contribution in [-0.2, 0) is 9.59 Å². The van der Waals surface area contributed by atoms with Gasteiger partial charge >= 0.3 is 0 Å². The van der Waals surface area contributed by atoms with Crippen molar-refractivity contribution in [2.24, 2.45) is 5.92 Å². The van der Waals surface area contributed by atoms with Crippen LogP contribution >= 0.6 is 11.6 Å². The van der Waals surface area contributed by atoms with Crippen molar-refractivity contribution in [2.45, 2.75) is 20.8 Å². The van der Waals surface area contributed by atoms with Gasteiger partial charge in [-0.1, -0.05) is 55.3 Å². The first-order valence-corrected chi connectivity index (χ1v) is 8.94. The third kappa shape index (κ3) is 3.65. The fourth-order valence-electron chi connectivity index (χ4n) is 2.89. The van der Waals surface area contributed by atoms with Crippen molar-refractivity contribution in [2.75, 3.05) is 11.9 Å². The maximum absolute atomic E-state index is 13.0. The van der Waals surface area contributed by atoms with Crippen molar-refractivity contribution < 1.29 is 9.59 Å². The summed E-state index contributed by atoms with van der Waals surface area (Å²) < 4.78 is 0. The van der Waals surface area contributed by atoms with E-state index in [1.54, 1.807) is 24.3 Å². The highest BCUT2D eigenvalue weighted by atomic mass is 35.5. The van der Waals surface area contributed by atoms with Crippen molar-refractivity contribution in [3.05, 3.63) is 70.4 Å². The number of anilines is 1. The second kappa shape index (κ2) is 7.34. The Kier molecular flexibility index (Phi) is 5.14. The molecule has 2 amide bonds. The predicted molar refractivity (Wildman–Crippen MR) is 105 cm³/mol. The smallest absolute Gasteiger partial charge is 0.278 e. The molecule has 4 nitrogen and oxygen atoms in total. The van der Waals surface area contributed by atoms with Crippen LogP contribution < -0.4 is 5.32 Å². The van der Waals surface area contributed by atoms with E-state index in [1.165, 1.54) is 4.90 Å². The van der Waals surface area contributed by atoms with Crippen LogP contribution in [0.25, 0.3) is 5.57 Å². The van der Waals surface area contributed by atoms with E-state index < -0.39 is 0 Å². The minimum absolute atomic E-state index is 0.188. The van der Waals surface area contributed by atoms with Gasteiger partial charge in [0.05, 0.1) is 5.57 Å². The Labute approximate surface area is 158 Å². The number of hydrogen-bond donors (Lipinski definition) is 1. The Bertz CT molecular complexity index is 868. The van der Waals surface area contributed by atoms with Crippen molar-refractivity contribution in [3.8, 4) is 0 Å². The van der Waals surface area contributed by atoms with Crippen LogP contribution in [0.4, 0.5) is 5.69 Å². The van der Waals surface area contributed by atoms with E-state index in [1.807, 2.05) is 45.0 Å². The van der Waals surface area contributed by atoms with E-state index in [0.717, 1.165) is 11.3 Å². The van der Waals surface area contributed by atoms with Crippen LogP contribution in [0.5, 0.6) is 0 Å². The van der Waals surface area contributed by atoms with E-state index >= 15 is 0 Å². The van der Waals surface area contributed by atoms with Crippen LogP contribution in [0.1, 0.15) is 25.0 Å². The predicted octanol–water partition coefficient (Wildman–Crippen LogP) is 4.50. The highest BCUT2D eigenvalue weighted by molar-refractivity contribution is 6.36. The quantitative estimate of drug-likeness (QED) is 0.791. The summed E-state index contributed by atoms with van der Waals surface area (Å²) >= 11 is 5.97. The molecule has 134 valence electrons. The molecule has 0 aliphatic carbocycles. The molecular weight excluding hydrogens is 348 g/mol. The van der Waals surface area contributed by atoms with Gasteiger partial charge in [-0.15, -0.1) is 0 Å². The van der Waals surface area contributed by atoms with E-state index in [2.05, 4.69) is 5.32 Å². The molecule has 1 heterocycles. The number of amides is 2. The van der Waals surface area contributed by atoms with E-state index in [-0.39, 0.29) is 17.7 Å². The highest BCUT2D eigenvalue weighted by Crippen LogP contribution is 2.31. The van der Waals surface area contributed by atoms with Crippen molar-refractivity contribution in [1.82, 2.24) is 4.90 Å². The number of aryl methyl sites for hydroxylation is 1. The monoisotopic (exact) mass is 368 g/mol. The molecule has 0 fully saturated rings. The van der Waals surface area contributed by atoms with Crippen molar-refractivity contribution in [1.29, 1.82) is 0 Å². The van der Waals surface area contributed by atoms with Gasteiger partial charge in [-0.2, -0.15) is 0 Å². The summed E-state index contributed by atoms with van der Waals surface area (Å²) in [7, 11) is 0. The molecule has 26 heavy (non-hydrogen) atoms. The lowest BCUT2D eigenvalue weighted by atomic mass is 10.0. The minimum atomic E-state index is -0.297. The second-order valence-electron chi connectivity index (χ2n) is 6.86. The normalized spacial score (nSPS) is 14.6. The molecule has 1 aliphatic heterocycles. The fraction of sp³-hybridized carbons (Fsp3) is 0.238. The van der Waals surface area contributed by atoms with Gasteiger partial charge in [-0.05, 0) is 42.7 Å². The minimum Gasteiger partial charge on any atom is -0.350 e. The third-order valence-electron chi connectivity index (χ3n) is 4.17. The number of carbonyl (C=O) groups excluding carboxylic acids is 2. The van der Waals surface area contributed by atoms with Gasteiger partial charge in [0.15, 0.2) is 0 Å². The van der Waals surface area contributed by atoms with Gasteiger partial charge in [0.2, 0.25) is 0 Å². The van der Waals surface area contributed by atoms with Crippen LogP contribution in [0, 0.1) is 12.8 Å². The molecular formula is C21H21ClN2O2. The molecule has 3 rings (SSSR count). The summed E-state index contributed by atoms with van der Waals surface area (Å²) in [5, 5.41) is 3.73. The van der Waals surface area contributed by atoms with Gasteiger partial charge in [0.25, 0.3) is 11.8 Å². The first-order valence-electron chi connectivity index (χ1n) is 8.57. The largest absolute Gasteiger partial charge is 0.350 e. The number of nitrogens with one attached hydrogen (secondary N) is 1. The summed E-state index contributed by atoms with van der Waals surface area (Å²) in [5.41, 5.74) is 3.26. The Morgan fingerprint density at radius 1 is 0.962 bits per heavy atom. The average Bonchev–Trinajstić information content (AvgIpc) is 2.82. The molecule has 5 heteroatoms. The van der Waals surface area contributed by atoms with Gasteiger partial charge in [0, 0.05) is 17.3 Å². The lowest BCUT2D eigenvalue weighted by Crippen LogP contribution is -2.35. The van der Waals surface area contributed by atoms with Gasteiger partial charge in [-0.3, -0.25) is 14.5 Å². The molecule has 0 saturated carbocycles. The van der Waals surface area contributed by atoms with Gasteiger partial charge in [0.1, 0.15) is 5.70 Å². The van der Waals surface area contributed by atoms with Crippen molar-refractivity contribution >= 4 is 34.7 Å². The molecule has 0 saturated heterocycles. The average molecular weight is 369 g/mol. The first kappa shape index (κ1) is 18.2. The first-order chi connectivity index (χ1) is 12.4. The summed E-state index contributed by atoms with van der Waals surface area (Å²) in [6.45, 7) is 6.34. The number of imide groups is 1. The lowest BCUT2D eigenvalue weighted by molar-refractivity contribution is -0.137. The van der Waals surface area contributed by atoms with E-state index in [9.17, 15) is 9.59 Å². The van der Waals surface area contributed by atoms with Crippen LogP contribution in [0.2, 0.25) is 5.02 Å². The van der Waals surface area contributed by atoms with Gasteiger partial charge < -0.3 is 5.32 Å². The lowest BCUT2D eigenvalue weighted by Gasteiger charge is -2.17. The van der Waals surface area contributed by atoms with Crippen LogP contribution in [0.15, 0.2) is 54.2 Å². The maximum Gasteiger partial charge on any atom is 0.278 e. The zero-order valence-corrected chi connectivity index (χ0v) is 15.8. The SMILES string of the molecule is Cc1ccc(NC2=C(c3ccc(Cl)cc3)C(=O)N(CC(C)C)C2=O)cc1. The van der Waals surface area contributed by atoms with E-state index in [4.69, 9.17) is 11.6 Å². The summed E-state index contributed by atoms with van der Waals surface area (Å²) in [5.74, 6) is -0.386. The molecule has 2 aromatic rings. The number of halogens is 1. The molecule has 0 radical (unpaired) electrons. The second-order valence-corrected chi connectivity index (χ2v) is 7.30. The highest BCUT2D eigenvalue weighted by Gasteiger charge is 2.39. The number of nitrogens with zero attached hydrogens (tertiary/aromatic N) is 1. The summed E-state index contributed by atoms with van der Waals surface area (Å²) in [4.78, 5) is 27.2. The number of hydrogen-bond acceptors (Lipinski definition) is 3. The zero-order valence-electron chi connectivity index (χ0n) is 15.0. The summed E-state index contributed by atoms with van der Waals surface area (Å²) in [6.07, 6.45) is 0. The number of benzene rings is 2. The molecule has 0 aromatic heterocycles. The van der Waals surface area contributed by atoms with Gasteiger partial charge in [-0.25, -0.2) is 0 Å². The van der Waals surface area contributed by atoms with Crippen LogP contribution in [0.3, 0.4) is 0 Å². The standard InChI is InChI=1S/C21H21ClN2O2/c1-13(2)12-24-20(25)18(15-6-8-16(22)9-7-15)19(21(24)26)23-17-10-4-14(3)5-11-17/h4-11,13,23H,12H2,1-3H3. The zero-order chi connectivity index (χ0) is 18.8. The Morgan fingerprint density at radius 3 is 2.15 bits per heavy atom. The molecule has 1 aliphatic rings. The van der Waals surface area contributed by atoms with E-state index in [0.29, 0.717) is 28.4 Å². The fourth-order valence-corrected chi connectivity index (χ4v) is 3.01. The molecule has 1 N–H and O–H groups in total. The van der Waals surface area contributed by atoms with Crippen molar-refractivity contribution in [3.63, 3.8) is 0 Å². The Morgan fingerprint density at radius 2 is 1.58 bits per heavy atom. The molecule has 2 aromatic carbocycles. The molecule has 0 spiro atoms. The molecule has 0 unspecified atom stereocenters. The van der Waals surface area contributed by atoms with Crippen LogP contribution in [-0.4, -0.2) is 23.3 Å². The maximum atomic E-state index is 13.0. The Hall–Kier alpha value is -2.59. The number of rotatable bonds is 5. The number of carbonyl (C=O) groups is 2. The summed E-state index contributed by atoms with van der Waals surface area (Å²) in [6, 6.07) is 14.7. The Balaban J connectivity index is 2.04. The molecule has 0 bridgehead atoms. The molecule has 0 atom stereocenters. The third-order valence-corrected chi connectivity index (χ3v) is 4.42.